The van der Waals surface area contributed by atoms with Crippen molar-refractivity contribution in [1.82, 2.24) is 19.4 Å². The number of alkyl halides is 1. The zero-order valence-corrected chi connectivity index (χ0v) is 27.5. The minimum Gasteiger partial charge on any atom is -0.504 e. The Balaban J connectivity index is 1.28. The zero-order chi connectivity index (χ0) is 37.2. The number of carbonyl (C=O) groups excluding carboxylic acids is 1. The van der Waals surface area contributed by atoms with Crippen molar-refractivity contribution < 1.29 is 58.4 Å². The van der Waals surface area contributed by atoms with E-state index in [4.69, 9.17) is 19.5 Å². The number of fused-ring (bicyclic) bond motifs is 4. The van der Waals surface area contributed by atoms with Crippen LogP contribution in [0.4, 0.5) is 8.78 Å². The molecular formula is C35H33F2N5O10. The summed E-state index contributed by atoms with van der Waals surface area (Å²) in [7, 11) is 1.22. The number of imidazole rings is 1. The molecule has 17 heteroatoms. The third-order valence-electron chi connectivity index (χ3n) is 10.00. The van der Waals surface area contributed by atoms with Gasteiger partial charge in [0.15, 0.2) is 23.9 Å². The molecule has 2 unspecified atom stereocenters. The molecule has 4 atom stereocenters. The average Bonchev–Trinajstić information content (AvgIpc) is 3.87. The van der Waals surface area contributed by atoms with Crippen LogP contribution in [0.1, 0.15) is 57.7 Å². The summed E-state index contributed by atoms with van der Waals surface area (Å²) in [5.41, 5.74) is -6.58. The summed E-state index contributed by atoms with van der Waals surface area (Å²) in [5.74, 6) is -3.89. The predicted octanol–water partition coefficient (Wildman–Crippen LogP) is 2.62. The Morgan fingerprint density at radius 2 is 1.88 bits per heavy atom. The van der Waals surface area contributed by atoms with Crippen molar-refractivity contribution in [2.45, 2.75) is 56.3 Å². The fourth-order valence-electron chi connectivity index (χ4n) is 6.64. The summed E-state index contributed by atoms with van der Waals surface area (Å²) >= 11 is 0. The molecule has 1 aliphatic carbocycles. The average molecular weight is 722 g/mol. The molecule has 0 bridgehead atoms. The molecule has 0 amide bonds. The Kier molecular flexibility index (Phi) is 8.55. The summed E-state index contributed by atoms with van der Waals surface area (Å²) in [6.45, 7) is -2.47. The zero-order valence-electron chi connectivity index (χ0n) is 27.5. The van der Waals surface area contributed by atoms with Crippen molar-refractivity contribution >= 4 is 17.0 Å². The predicted molar refractivity (Wildman–Crippen MR) is 172 cm³/mol. The maximum Gasteiger partial charge on any atom is 0.337 e. The first-order valence-electron chi connectivity index (χ1n) is 16.1. The number of aromatic nitrogens is 3. The molecule has 2 aromatic carbocycles. The number of hydrogen-bond acceptors (Lipinski definition) is 14. The molecular weight excluding hydrogens is 688 g/mol. The van der Waals surface area contributed by atoms with Crippen LogP contribution in [0, 0.1) is 22.6 Å². The lowest BCUT2D eigenvalue weighted by Gasteiger charge is -2.50. The van der Waals surface area contributed by atoms with Gasteiger partial charge in [0.05, 0.1) is 60.9 Å². The highest BCUT2D eigenvalue weighted by Crippen LogP contribution is 2.51. The Morgan fingerprint density at radius 3 is 2.56 bits per heavy atom. The molecule has 1 saturated carbocycles. The third-order valence-corrected chi connectivity index (χ3v) is 10.00. The van der Waals surface area contributed by atoms with Crippen LogP contribution in [0.25, 0.3) is 11.0 Å². The number of esters is 1. The smallest absolute Gasteiger partial charge is 0.337 e. The number of benzene rings is 2. The number of aliphatic hydroxyl groups excluding tert-OH is 4. The minimum atomic E-state index is -3.12. The van der Waals surface area contributed by atoms with Crippen LogP contribution in [-0.2, 0) is 34.8 Å². The maximum absolute atomic E-state index is 14.5. The minimum absolute atomic E-state index is 0.0464. The van der Waals surface area contributed by atoms with Gasteiger partial charge in [0.2, 0.25) is 17.4 Å². The normalized spacial score (nSPS) is 24.8. The molecule has 272 valence electrons. The van der Waals surface area contributed by atoms with Gasteiger partial charge >= 0.3 is 5.97 Å². The van der Waals surface area contributed by atoms with E-state index in [1.165, 1.54) is 43.5 Å². The first-order chi connectivity index (χ1) is 24.8. The number of methoxy groups -OCH3 is 1. The number of halogens is 2. The molecule has 7 rings (SSSR count). The van der Waals surface area contributed by atoms with E-state index in [-0.39, 0.29) is 40.5 Å². The van der Waals surface area contributed by atoms with Gasteiger partial charge < -0.3 is 54.3 Å². The monoisotopic (exact) mass is 721 g/mol. The summed E-state index contributed by atoms with van der Waals surface area (Å²) in [6.07, 6.45) is -2.99. The number of rotatable bonds is 9. The summed E-state index contributed by atoms with van der Waals surface area (Å²) < 4.78 is 46.2. The van der Waals surface area contributed by atoms with E-state index in [2.05, 4.69) is 9.97 Å². The molecule has 2 aliphatic heterocycles. The van der Waals surface area contributed by atoms with E-state index in [9.17, 15) is 44.2 Å². The van der Waals surface area contributed by atoms with E-state index < -0.39 is 84.7 Å². The van der Waals surface area contributed by atoms with Gasteiger partial charge in [-0.05, 0) is 49.2 Å². The van der Waals surface area contributed by atoms with Crippen LogP contribution in [-0.4, -0.2) is 88.3 Å². The van der Waals surface area contributed by atoms with Crippen molar-refractivity contribution in [2.24, 2.45) is 5.41 Å². The first kappa shape index (κ1) is 35.0. The van der Waals surface area contributed by atoms with E-state index in [1.807, 2.05) is 6.07 Å². The highest BCUT2D eigenvalue weighted by Gasteiger charge is 2.67. The van der Waals surface area contributed by atoms with Gasteiger partial charge in [0.1, 0.15) is 18.2 Å². The van der Waals surface area contributed by atoms with E-state index in [0.29, 0.717) is 23.9 Å². The lowest BCUT2D eigenvalue weighted by Crippen LogP contribution is -2.70. The summed E-state index contributed by atoms with van der Waals surface area (Å²) in [4.78, 5) is 21.8. The highest BCUT2D eigenvalue weighted by atomic mass is 19.1. The Morgan fingerprint density at radius 1 is 1.12 bits per heavy atom. The second-order valence-corrected chi connectivity index (χ2v) is 13.2. The molecule has 3 aliphatic rings. The quantitative estimate of drug-likeness (QED) is 0.137. The molecule has 0 radical (unpaired) electrons. The maximum atomic E-state index is 14.5. The highest BCUT2D eigenvalue weighted by molar-refractivity contribution is 5.93. The van der Waals surface area contributed by atoms with E-state index in [1.54, 1.807) is 10.6 Å². The van der Waals surface area contributed by atoms with Crippen LogP contribution >= 0.6 is 0 Å². The summed E-state index contributed by atoms with van der Waals surface area (Å²) in [6, 6.07) is 12.5. The van der Waals surface area contributed by atoms with Gasteiger partial charge in [-0.2, -0.15) is 5.26 Å². The number of nitriles is 1. The third kappa shape index (κ3) is 5.47. The second-order valence-electron chi connectivity index (χ2n) is 13.2. The Bertz CT molecular complexity index is 2170. The van der Waals surface area contributed by atoms with Crippen LogP contribution in [0.3, 0.4) is 0 Å². The van der Waals surface area contributed by atoms with Crippen LogP contribution in [0.2, 0.25) is 0 Å². The van der Waals surface area contributed by atoms with Gasteiger partial charge in [-0.25, -0.2) is 19.2 Å². The van der Waals surface area contributed by atoms with Crippen LogP contribution < -0.4 is 4.74 Å². The molecule has 6 N–H and O–H groups in total. The van der Waals surface area contributed by atoms with Gasteiger partial charge in [-0.1, -0.05) is 6.07 Å². The number of carbonyl (C=O) groups is 1. The molecule has 0 saturated heterocycles. The molecule has 2 aromatic heterocycles. The van der Waals surface area contributed by atoms with Gasteiger partial charge in [0, 0.05) is 29.2 Å². The van der Waals surface area contributed by atoms with Crippen molar-refractivity contribution in [2.75, 3.05) is 20.4 Å². The number of ether oxygens (including phenoxy) is 3. The second kappa shape index (κ2) is 12.7. The van der Waals surface area contributed by atoms with Crippen molar-refractivity contribution in [3.63, 3.8) is 0 Å². The number of nitrogens with zero attached hydrogens (tertiary/aromatic N) is 5. The number of hydrogen-bond donors (Lipinski definition) is 6. The molecule has 1 fully saturated rings. The number of aliphatic hydroxyl groups is 6. The molecule has 0 spiro atoms. The molecule has 15 nitrogen and oxygen atoms in total. The largest absolute Gasteiger partial charge is 0.504 e. The Hall–Kier alpha value is -5.38. The molecule has 52 heavy (non-hydrogen) atoms. The standard InChI is InChI=1S/C35H33F2N5O10/c1-50-30(45)19-4-6-23-24(11-19)42(16-33(15-36)8-9-33)25(39-23)13-41-29(44)28(43)35(49)27-21(31(46)52-17-34(35,48)32(41)47)5-7-26(40-27)51-14-20-3-2-18(12-38)10-22(20)37/h2-7,10-11,31-32,43-44,46-49H,8-9,13-17H2,1H3/t31?,32?,34-,35-/m0/s1. The van der Waals surface area contributed by atoms with Gasteiger partial charge in [0.25, 0.3) is 0 Å². The lowest BCUT2D eigenvalue weighted by molar-refractivity contribution is -0.284. The summed E-state index contributed by atoms with van der Waals surface area (Å²) in [5, 5.41) is 78.8. The van der Waals surface area contributed by atoms with Crippen LogP contribution in [0.5, 0.6) is 5.88 Å². The lowest BCUT2D eigenvalue weighted by atomic mass is 9.74. The van der Waals surface area contributed by atoms with Crippen molar-refractivity contribution in [3.8, 4) is 11.9 Å². The fraction of sp³-hybridized carbons (Fsp3) is 0.371. The molecule has 4 aromatic rings. The first-order valence-corrected chi connectivity index (χ1v) is 16.1. The SMILES string of the molecule is COC(=O)c1ccc2nc(CN3C(O)=C(O)[C@@]4(O)c5nc(OCc6ccc(C#N)cc6F)ccc5C(O)OC[C@]4(O)C3O)n(CC3(CF)CC3)c2c1. The number of pyridine rings is 1. The van der Waals surface area contributed by atoms with Gasteiger partial charge in [-0.15, -0.1) is 0 Å². The van der Waals surface area contributed by atoms with Gasteiger partial charge in [-0.3, -0.25) is 4.39 Å². The Labute approximate surface area is 293 Å². The van der Waals surface area contributed by atoms with Crippen LogP contribution in [0.15, 0.2) is 60.2 Å². The van der Waals surface area contributed by atoms with E-state index in [0.717, 1.165) is 11.0 Å². The fourth-order valence-corrected chi connectivity index (χ4v) is 6.64. The van der Waals surface area contributed by atoms with Crippen molar-refractivity contribution in [3.05, 3.63) is 99.8 Å². The molecule has 4 heterocycles. The topological polar surface area (TPSA) is 224 Å². The van der Waals surface area contributed by atoms with E-state index >= 15 is 0 Å². The van der Waals surface area contributed by atoms with Crippen molar-refractivity contribution in [1.29, 1.82) is 5.26 Å².